The first-order valence-corrected chi connectivity index (χ1v) is 34.9. The minimum absolute atomic E-state index is 0.0864. The van der Waals surface area contributed by atoms with Crippen molar-refractivity contribution in [1.29, 1.82) is 0 Å². The Kier molecular flexibility index (Phi) is 10.4. The van der Waals surface area contributed by atoms with Crippen LogP contribution < -0.4 is 21.4 Å². The highest BCUT2D eigenvalue weighted by Crippen LogP contribution is 2.56. The first-order chi connectivity index (χ1) is 46.4. The van der Waals surface area contributed by atoms with E-state index in [1.807, 2.05) is 0 Å². The van der Waals surface area contributed by atoms with Gasteiger partial charge in [0.2, 0.25) is 45.8 Å². The SMILES string of the molecule is CC1(C)C(=O)C2=[N+]3C1=Cc1ccc4n1[C@]31n3c(ccc3=C(c3ccc(C#Cc5ccc(C6=c7ccc8n7[C@@]79n%10c(ccc%10C(c%10cc(C(C)(C)C)cc(C(C)(C)C)c%10)=C%10C=CC6=[N+]%107)C=C6[N+]9=C(C=8)C(=O)C6(C)C)cc5)cc3)C3=[N+]1C(=C4c1cc(C(C)(C)C)cc(C(C)(C)C)c1)C=C3)=C2. The maximum atomic E-state index is 14.9. The second-order valence-corrected chi connectivity index (χ2v) is 34.2. The summed E-state index contributed by atoms with van der Waals surface area (Å²) in [5, 5.41) is 4.17. The fourth-order valence-electron chi connectivity index (χ4n) is 18.3. The number of Topliss-reactive ketones (excluding diaryl/α,β-unsaturated/α-hetero) is 2. The number of ketones is 2. The van der Waals surface area contributed by atoms with E-state index in [0.29, 0.717) is 0 Å². The van der Waals surface area contributed by atoms with Crippen LogP contribution in [-0.4, -0.2) is 71.0 Å². The molecule has 8 aromatic rings. The zero-order valence-electron chi connectivity index (χ0n) is 58.7. The predicted octanol–water partition coefficient (Wildman–Crippen LogP) is 12.2. The fraction of sp³-hybridized carbons (Fsp3) is 0.273. The van der Waals surface area contributed by atoms with Crippen LogP contribution in [0.15, 0.2) is 181 Å². The first kappa shape index (κ1) is 57.7. The second kappa shape index (κ2) is 17.6. The number of hydrogen-bond acceptors (Lipinski definition) is 2. The van der Waals surface area contributed by atoms with Gasteiger partial charge in [-0.25, -0.2) is 0 Å². The molecule has 12 aliphatic heterocycles. The molecule has 12 aliphatic rings. The molecule has 20 rings (SSSR count). The molecular weight excluding hydrogens is 1200 g/mol. The number of carbonyl (C=O) groups is 2. The molecule has 16 heterocycles. The lowest BCUT2D eigenvalue weighted by Crippen LogP contribution is -2.70. The molecule has 0 saturated carbocycles. The van der Waals surface area contributed by atoms with Crippen molar-refractivity contribution < 1.29 is 27.9 Å². The molecule has 0 aliphatic carbocycles. The molecule has 4 aromatic heterocycles. The summed E-state index contributed by atoms with van der Waals surface area (Å²) in [4.78, 5) is 29.8. The Morgan fingerprint density at radius 2 is 0.704 bits per heavy atom. The quantitative estimate of drug-likeness (QED) is 0.130. The number of hydrogen-bond donors (Lipinski definition) is 0. The average Bonchev–Trinajstić information content (AvgIpc) is 1.43. The highest BCUT2D eigenvalue weighted by molar-refractivity contribution is 6.52. The summed E-state index contributed by atoms with van der Waals surface area (Å²) < 4.78 is 19.9. The highest BCUT2D eigenvalue weighted by Gasteiger charge is 2.77. The maximum Gasteiger partial charge on any atom is 0.553 e. The minimum atomic E-state index is -0.975. The summed E-state index contributed by atoms with van der Waals surface area (Å²) in [7, 11) is 0. The third-order valence-electron chi connectivity index (χ3n) is 23.4. The van der Waals surface area contributed by atoms with Gasteiger partial charge < -0.3 is 0 Å². The lowest BCUT2D eigenvalue weighted by molar-refractivity contribution is -0.837. The standard InChI is InChI=1S/C88H78N8O2/c1-81(2,3)55-39-53(40-56(43-55)82(4,5)6)77-65-33-29-61-47-73-85(13,14)79(97)71-45-59-27-31-63-75(67-35-37-69(77)93(67)87(89(59)63,91(61)65)95(71)73)51-23-19-49(20-24-51)17-18-50-21-25-52(26-22-50)76-64-32-28-60-46-72-80(98)86(15,16)74-48-62-30-34-66-78(54-41-57(83(7,8)9)44-58(42-54)84(10,11)12)70-38-36-68(76)94(70)88(90(60)64,92(62)66)96(72)74/h19-48H,1-16H3/q+4/t87-,88+. The molecule has 0 amide bonds. The molecule has 98 heavy (non-hydrogen) atoms. The van der Waals surface area contributed by atoms with Crippen molar-refractivity contribution in [3.8, 4) is 11.8 Å². The van der Waals surface area contributed by atoms with Gasteiger partial charge in [-0.3, -0.25) is 9.59 Å². The molecular formula is C88H78N8O2+4. The molecule has 0 N–H and O–H groups in total. The number of rotatable bonds is 4. The summed E-state index contributed by atoms with van der Waals surface area (Å²) in [5.41, 5.74) is 26.6. The zero-order valence-corrected chi connectivity index (χ0v) is 58.7. The second-order valence-electron chi connectivity index (χ2n) is 34.2. The van der Waals surface area contributed by atoms with Crippen LogP contribution in [-0.2, 0) is 43.1 Å². The van der Waals surface area contributed by atoms with Crippen LogP contribution in [0.5, 0.6) is 0 Å². The van der Waals surface area contributed by atoms with Gasteiger partial charge in [0, 0.05) is 59.7 Å². The molecule has 2 atom stereocenters. The van der Waals surface area contributed by atoms with Crippen molar-refractivity contribution in [1.82, 2.24) is 18.3 Å². The highest BCUT2D eigenvalue weighted by atomic mass is 16.1. The van der Waals surface area contributed by atoms with Crippen LogP contribution in [0, 0.1) is 22.7 Å². The van der Waals surface area contributed by atoms with Crippen molar-refractivity contribution in [2.24, 2.45) is 10.8 Å². The molecule has 4 aromatic carbocycles. The largest absolute Gasteiger partial charge is 0.553 e. The van der Waals surface area contributed by atoms with Gasteiger partial charge in [0.25, 0.3) is 11.4 Å². The maximum absolute atomic E-state index is 14.9. The van der Waals surface area contributed by atoms with Crippen LogP contribution in [0.1, 0.15) is 189 Å². The van der Waals surface area contributed by atoms with Gasteiger partial charge in [0.15, 0.2) is 0 Å². The van der Waals surface area contributed by atoms with Crippen molar-refractivity contribution in [2.45, 2.75) is 144 Å². The fourth-order valence-corrected chi connectivity index (χ4v) is 18.3. The summed E-state index contributed by atoms with van der Waals surface area (Å²) in [6, 6.07) is 50.2. The molecule has 478 valence electrons. The molecule has 0 fully saturated rings. The number of benzene rings is 4. The van der Waals surface area contributed by atoms with Crippen LogP contribution in [0.2, 0.25) is 0 Å². The van der Waals surface area contributed by atoms with E-state index in [1.54, 1.807) is 0 Å². The van der Waals surface area contributed by atoms with E-state index in [1.165, 1.54) is 44.5 Å². The van der Waals surface area contributed by atoms with Gasteiger partial charge in [-0.15, -0.1) is 0 Å². The van der Waals surface area contributed by atoms with Gasteiger partial charge in [-0.05, 0) is 167 Å². The van der Waals surface area contributed by atoms with Gasteiger partial charge in [0.05, 0.1) is 66.5 Å². The summed E-state index contributed by atoms with van der Waals surface area (Å²) >= 11 is 0. The molecule has 10 nitrogen and oxygen atoms in total. The Bertz CT molecular complexity index is 5640. The van der Waals surface area contributed by atoms with E-state index in [2.05, 4.69) is 341 Å². The smallest absolute Gasteiger partial charge is 0.286 e. The number of aromatic nitrogens is 4. The normalized spacial score (nSPS) is 22.2. The van der Waals surface area contributed by atoms with E-state index >= 15 is 0 Å². The lowest BCUT2D eigenvalue weighted by Gasteiger charge is -2.40. The summed E-state index contributed by atoms with van der Waals surface area (Å²) in [6.07, 6.45) is 18.1. The Morgan fingerprint density at radius 1 is 0.347 bits per heavy atom. The Hall–Kier alpha value is -10.5. The van der Waals surface area contributed by atoms with E-state index in [-0.39, 0.29) is 33.2 Å². The topological polar surface area (TPSA) is 65.9 Å². The van der Waals surface area contributed by atoms with Crippen molar-refractivity contribution in [3.63, 3.8) is 0 Å². The van der Waals surface area contributed by atoms with E-state index in [4.69, 9.17) is 0 Å². The van der Waals surface area contributed by atoms with Gasteiger partial charge in [-0.2, -0.15) is 18.3 Å². The zero-order chi connectivity index (χ0) is 67.7. The average molecular weight is 1280 g/mol. The van der Waals surface area contributed by atoms with E-state index in [9.17, 15) is 9.59 Å². The summed E-state index contributed by atoms with van der Waals surface area (Å²) in [5.74, 6) is 5.47. The number of allylic oxidation sites excluding steroid dienone is 6. The minimum Gasteiger partial charge on any atom is -0.286 e. The third-order valence-corrected chi connectivity index (χ3v) is 23.4. The molecule has 0 bridgehead atoms. The van der Waals surface area contributed by atoms with Crippen molar-refractivity contribution in [3.05, 3.63) is 280 Å². The Balaban J connectivity index is 0.716. The monoisotopic (exact) mass is 1280 g/mol. The van der Waals surface area contributed by atoms with Crippen molar-refractivity contribution >= 4 is 81.0 Å². The molecule has 0 saturated heterocycles. The Morgan fingerprint density at radius 3 is 1.05 bits per heavy atom. The number of nitrogens with zero attached hydrogens (tertiary/aromatic N) is 8. The predicted molar refractivity (Wildman–Crippen MR) is 388 cm³/mol. The molecule has 0 radical (unpaired) electrons. The van der Waals surface area contributed by atoms with Crippen LogP contribution in [0.4, 0.5) is 0 Å². The van der Waals surface area contributed by atoms with Crippen LogP contribution in [0.3, 0.4) is 0 Å². The molecule has 0 unspecified atom stereocenters. The van der Waals surface area contributed by atoms with E-state index in [0.717, 1.165) is 123 Å². The Labute approximate surface area is 571 Å². The van der Waals surface area contributed by atoms with Crippen LogP contribution in [0.25, 0.3) is 46.6 Å². The third kappa shape index (κ3) is 6.76. The van der Waals surface area contributed by atoms with Gasteiger partial charge in [-0.1, -0.05) is 174 Å². The summed E-state index contributed by atoms with van der Waals surface area (Å²) in [6.45, 7) is 36.1. The van der Waals surface area contributed by atoms with Crippen molar-refractivity contribution in [2.75, 3.05) is 0 Å². The first-order valence-electron chi connectivity index (χ1n) is 34.9. The lowest BCUT2D eigenvalue weighted by atomic mass is 9.78. The molecule has 10 heteroatoms. The van der Waals surface area contributed by atoms with Crippen LogP contribution >= 0.6 is 0 Å². The van der Waals surface area contributed by atoms with E-state index < -0.39 is 22.7 Å². The van der Waals surface area contributed by atoms with Gasteiger partial charge in [0.1, 0.15) is 10.8 Å². The number of carbonyl (C=O) groups excluding carboxylic acids is 2. The van der Waals surface area contributed by atoms with Gasteiger partial charge >= 0.3 is 11.8 Å². The molecule has 2 spiro atoms.